The van der Waals surface area contributed by atoms with Crippen molar-refractivity contribution in [2.75, 3.05) is 7.05 Å². The molecule has 1 aromatic carbocycles. The average Bonchev–Trinajstić information content (AvgIpc) is 2.56. The van der Waals surface area contributed by atoms with Crippen LogP contribution in [0.1, 0.15) is 18.7 Å². The Hall–Kier alpha value is -1.28. The zero-order valence-electron chi connectivity index (χ0n) is 8.91. The SMILES string of the molecule is CNC(C)c1cc2ccccc2n1C. The van der Waals surface area contributed by atoms with Crippen molar-refractivity contribution >= 4 is 10.9 Å². The molecule has 0 aliphatic rings. The van der Waals surface area contributed by atoms with Crippen LogP contribution in [0.25, 0.3) is 10.9 Å². The standard InChI is InChI=1S/C12H16N2/c1-9(13-2)12-8-10-6-4-5-7-11(10)14(12)3/h4-9,13H,1-3H3. The molecule has 2 nitrogen and oxygen atoms in total. The lowest BCUT2D eigenvalue weighted by atomic mass is 10.2. The molecule has 0 saturated carbocycles. The van der Waals surface area contributed by atoms with Crippen molar-refractivity contribution in [1.82, 2.24) is 9.88 Å². The predicted molar refractivity (Wildman–Crippen MR) is 60.4 cm³/mol. The first kappa shape index (κ1) is 9.28. The molecule has 0 radical (unpaired) electrons. The number of para-hydroxylation sites is 1. The number of aromatic nitrogens is 1. The summed E-state index contributed by atoms with van der Waals surface area (Å²) >= 11 is 0. The molecular weight excluding hydrogens is 172 g/mol. The van der Waals surface area contributed by atoms with Gasteiger partial charge < -0.3 is 9.88 Å². The summed E-state index contributed by atoms with van der Waals surface area (Å²) in [6.45, 7) is 2.17. The summed E-state index contributed by atoms with van der Waals surface area (Å²) in [4.78, 5) is 0. The lowest BCUT2D eigenvalue weighted by Gasteiger charge is -2.11. The van der Waals surface area contributed by atoms with Crippen molar-refractivity contribution in [3.8, 4) is 0 Å². The van der Waals surface area contributed by atoms with Crippen LogP contribution < -0.4 is 5.32 Å². The molecule has 2 heteroatoms. The molecule has 1 N–H and O–H groups in total. The van der Waals surface area contributed by atoms with Crippen molar-refractivity contribution in [3.05, 3.63) is 36.0 Å². The van der Waals surface area contributed by atoms with Crippen molar-refractivity contribution in [2.24, 2.45) is 7.05 Å². The summed E-state index contributed by atoms with van der Waals surface area (Å²) in [6.07, 6.45) is 0. The number of fused-ring (bicyclic) bond motifs is 1. The van der Waals surface area contributed by atoms with Gasteiger partial charge in [0.25, 0.3) is 0 Å². The molecule has 2 aromatic rings. The predicted octanol–water partition coefficient (Wildman–Crippen LogP) is 2.46. The molecule has 0 aliphatic carbocycles. The zero-order valence-corrected chi connectivity index (χ0v) is 8.91. The average molecular weight is 188 g/mol. The molecule has 0 amide bonds. The van der Waals surface area contributed by atoms with Gasteiger partial charge in [-0.1, -0.05) is 18.2 Å². The fourth-order valence-electron chi connectivity index (χ4n) is 1.87. The summed E-state index contributed by atoms with van der Waals surface area (Å²) in [7, 11) is 4.10. The van der Waals surface area contributed by atoms with E-state index in [0.29, 0.717) is 6.04 Å². The first-order chi connectivity index (χ1) is 6.74. The second-order valence-electron chi connectivity index (χ2n) is 3.70. The molecule has 1 atom stereocenters. The third-order valence-electron chi connectivity index (χ3n) is 2.87. The van der Waals surface area contributed by atoms with Crippen LogP contribution in [0.15, 0.2) is 30.3 Å². The molecule has 1 heterocycles. The van der Waals surface area contributed by atoms with E-state index in [1.807, 2.05) is 7.05 Å². The quantitative estimate of drug-likeness (QED) is 0.766. The van der Waals surface area contributed by atoms with E-state index in [1.165, 1.54) is 16.6 Å². The first-order valence-electron chi connectivity index (χ1n) is 4.95. The molecule has 14 heavy (non-hydrogen) atoms. The fourth-order valence-corrected chi connectivity index (χ4v) is 1.87. The van der Waals surface area contributed by atoms with Crippen LogP contribution in [-0.4, -0.2) is 11.6 Å². The van der Waals surface area contributed by atoms with E-state index >= 15 is 0 Å². The smallest absolute Gasteiger partial charge is 0.0480 e. The lowest BCUT2D eigenvalue weighted by molar-refractivity contribution is 0.610. The molecule has 0 spiro atoms. The van der Waals surface area contributed by atoms with Gasteiger partial charge >= 0.3 is 0 Å². The van der Waals surface area contributed by atoms with E-state index in [2.05, 4.69) is 54.2 Å². The minimum atomic E-state index is 0.396. The molecular formula is C12H16N2. The topological polar surface area (TPSA) is 17.0 Å². The molecule has 1 unspecified atom stereocenters. The Bertz CT molecular complexity index is 443. The van der Waals surface area contributed by atoms with E-state index in [-0.39, 0.29) is 0 Å². The highest BCUT2D eigenvalue weighted by Gasteiger charge is 2.09. The van der Waals surface area contributed by atoms with Crippen molar-refractivity contribution in [3.63, 3.8) is 0 Å². The van der Waals surface area contributed by atoms with Gasteiger partial charge in [-0.3, -0.25) is 0 Å². The normalized spacial score (nSPS) is 13.4. The van der Waals surface area contributed by atoms with Gasteiger partial charge in [0.2, 0.25) is 0 Å². The zero-order chi connectivity index (χ0) is 10.1. The van der Waals surface area contributed by atoms with E-state index in [1.54, 1.807) is 0 Å². The number of rotatable bonds is 2. The Morgan fingerprint density at radius 1 is 1.29 bits per heavy atom. The highest BCUT2D eigenvalue weighted by Crippen LogP contribution is 2.22. The number of aryl methyl sites for hydroxylation is 1. The van der Waals surface area contributed by atoms with Crippen LogP contribution in [0.3, 0.4) is 0 Å². The van der Waals surface area contributed by atoms with Gasteiger partial charge in [-0.05, 0) is 31.5 Å². The van der Waals surface area contributed by atoms with E-state index in [4.69, 9.17) is 0 Å². The maximum Gasteiger partial charge on any atom is 0.0480 e. The third-order valence-corrected chi connectivity index (χ3v) is 2.87. The number of hydrogen-bond acceptors (Lipinski definition) is 1. The van der Waals surface area contributed by atoms with Gasteiger partial charge in [0, 0.05) is 24.3 Å². The van der Waals surface area contributed by atoms with Gasteiger partial charge in [-0.2, -0.15) is 0 Å². The monoisotopic (exact) mass is 188 g/mol. The van der Waals surface area contributed by atoms with E-state index in [0.717, 1.165) is 0 Å². The summed E-state index contributed by atoms with van der Waals surface area (Å²) in [6, 6.07) is 11.1. The molecule has 0 fully saturated rings. The van der Waals surface area contributed by atoms with Gasteiger partial charge in [0.15, 0.2) is 0 Å². The Balaban J connectivity index is 2.62. The Morgan fingerprint density at radius 2 is 2.00 bits per heavy atom. The Kier molecular flexibility index (Phi) is 2.30. The molecule has 74 valence electrons. The van der Waals surface area contributed by atoms with Crippen molar-refractivity contribution in [2.45, 2.75) is 13.0 Å². The second-order valence-corrected chi connectivity index (χ2v) is 3.70. The van der Waals surface area contributed by atoms with Crippen LogP contribution in [0, 0.1) is 0 Å². The van der Waals surface area contributed by atoms with Crippen LogP contribution in [0.2, 0.25) is 0 Å². The Morgan fingerprint density at radius 3 is 2.64 bits per heavy atom. The number of benzene rings is 1. The maximum absolute atomic E-state index is 3.26. The minimum absolute atomic E-state index is 0.396. The second kappa shape index (κ2) is 3.46. The molecule has 1 aromatic heterocycles. The molecule has 0 aliphatic heterocycles. The van der Waals surface area contributed by atoms with Gasteiger partial charge in [-0.25, -0.2) is 0 Å². The Labute approximate surface area is 84.5 Å². The number of hydrogen-bond donors (Lipinski definition) is 1. The minimum Gasteiger partial charge on any atom is -0.346 e. The summed E-state index contributed by atoms with van der Waals surface area (Å²) in [5, 5.41) is 4.57. The third kappa shape index (κ3) is 1.32. The lowest BCUT2D eigenvalue weighted by Crippen LogP contribution is -2.15. The maximum atomic E-state index is 3.26. The number of nitrogens with one attached hydrogen (secondary N) is 1. The van der Waals surface area contributed by atoms with Crippen LogP contribution in [-0.2, 0) is 7.05 Å². The summed E-state index contributed by atoms with van der Waals surface area (Å²) in [5.41, 5.74) is 2.62. The van der Waals surface area contributed by atoms with Gasteiger partial charge in [-0.15, -0.1) is 0 Å². The van der Waals surface area contributed by atoms with Crippen LogP contribution >= 0.6 is 0 Å². The van der Waals surface area contributed by atoms with E-state index in [9.17, 15) is 0 Å². The molecule has 0 bridgehead atoms. The highest BCUT2D eigenvalue weighted by atomic mass is 15.0. The van der Waals surface area contributed by atoms with Crippen molar-refractivity contribution < 1.29 is 0 Å². The summed E-state index contributed by atoms with van der Waals surface area (Å²) < 4.78 is 2.25. The van der Waals surface area contributed by atoms with Crippen LogP contribution in [0.4, 0.5) is 0 Å². The van der Waals surface area contributed by atoms with Gasteiger partial charge in [0.05, 0.1) is 0 Å². The van der Waals surface area contributed by atoms with E-state index < -0.39 is 0 Å². The number of nitrogens with zero attached hydrogens (tertiary/aromatic N) is 1. The molecule has 0 saturated heterocycles. The van der Waals surface area contributed by atoms with Crippen LogP contribution in [0.5, 0.6) is 0 Å². The summed E-state index contributed by atoms with van der Waals surface area (Å²) in [5.74, 6) is 0. The molecule has 2 rings (SSSR count). The first-order valence-corrected chi connectivity index (χ1v) is 4.95. The highest BCUT2D eigenvalue weighted by molar-refractivity contribution is 5.81. The fraction of sp³-hybridized carbons (Fsp3) is 0.333. The van der Waals surface area contributed by atoms with Crippen molar-refractivity contribution in [1.29, 1.82) is 0 Å². The largest absolute Gasteiger partial charge is 0.346 e. The van der Waals surface area contributed by atoms with Gasteiger partial charge in [0.1, 0.15) is 0 Å².